The maximum Gasteiger partial charge on any atom is 0.301 e. The van der Waals surface area contributed by atoms with Crippen LogP contribution in [-0.4, -0.2) is 32.9 Å². The zero-order chi connectivity index (χ0) is 13.8. The SMILES string of the molecule is CC(C)NCc1cccc(NS(=O)(=O)N(C)C)c1. The van der Waals surface area contributed by atoms with E-state index in [2.05, 4.69) is 23.9 Å². The molecule has 0 bridgehead atoms. The van der Waals surface area contributed by atoms with Crippen LogP contribution in [0.5, 0.6) is 0 Å². The second kappa shape index (κ2) is 6.17. The smallest absolute Gasteiger partial charge is 0.301 e. The van der Waals surface area contributed by atoms with Crippen LogP contribution in [-0.2, 0) is 16.8 Å². The molecule has 0 atom stereocenters. The van der Waals surface area contributed by atoms with Crippen molar-refractivity contribution in [2.24, 2.45) is 0 Å². The van der Waals surface area contributed by atoms with Gasteiger partial charge in [0, 0.05) is 26.7 Å². The van der Waals surface area contributed by atoms with Crippen molar-refractivity contribution in [3.63, 3.8) is 0 Å². The van der Waals surface area contributed by atoms with Gasteiger partial charge in [0.1, 0.15) is 0 Å². The van der Waals surface area contributed by atoms with Gasteiger partial charge in [-0.15, -0.1) is 0 Å². The highest BCUT2D eigenvalue weighted by Crippen LogP contribution is 2.13. The lowest BCUT2D eigenvalue weighted by Crippen LogP contribution is -2.29. The van der Waals surface area contributed by atoms with Crippen molar-refractivity contribution in [2.75, 3.05) is 18.8 Å². The average Bonchev–Trinajstić information content (AvgIpc) is 2.26. The van der Waals surface area contributed by atoms with Crippen LogP contribution in [0.25, 0.3) is 0 Å². The molecule has 0 aromatic heterocycles. The third-order valence-electron chi connectivity index (χ3n) is 2.37. The summed E-state index contributed by atoms with van der Waals surface area (Å²) in [7, 11) is -0.451. The van der Waals surface area contributed by atoms with Gasteiger partial charge in [0.05, 0.1) is 5.69 Å². The Balaban J connectivity index is 2.77. The molecule has 5 nitrogen and oxygen atoms in total. The molecule has 1 rings (SSSR count). The summed E-state index contributed by atoms with van der Waals surface area (Å²) in [5.74, 6) is 0. The Hall–Kier alpha value is -1.11. The summed E-state index contributed by atoms with van der Waals surface area (Å²) in [4.78, 5) is 0. The van der Waals surface area contributed by atoms with Crippen LogP contribution in [0, 0.1) is 0 Å². The van der Waals surface area contributed by atoms with E-state index in [4.69, 9.17) is 0 Å². The van der Waals surface area contributed by atoms with Gasteiger partial charge in [-0.05, 0) is 17.7 Å². The van der Waals surface area contributed by atoms with E-state index in [9.17, 15) is 8.42 Å². The van der Waals surface area contributed by atoms with Crippen LogP contribution in [0.2, 0.25) is 0 Å². The number of nitrogens with zero attached hydrogens (tertiary/aromatic N) is 1. The Morgan fingerprint density at radius 1 is 1.28 bits per heavy atom. The molecule has 0 aliphatic carbocycles. The van der Waals surface area contributed by atoms with Gasteiger partial charge in [0.15, 0.2) is 0 Å². The van der Waals surface area contributed by atoms with Crippen LogP contribution in [0.15, 0.2) is 24.3 Å². The molecule has 18 heavy (non-hydrogen) atoms. The van der Waals surface area contributed by atoms with Gasteiger partial charge in [0.2, 0.25) is 0 Å². The molecule has 1 aromatic rings. The minimum atomic E-state index is -3.44. The fraction of sp³-hybridized carbons (Fsp3) is 0.500. The first-order valence-electron chi connectivity index (χ1n) is 5.84. The van der Waals surface area contributed by atoms with Gasteiger partial charge in [-0.3, -0.25) is 4.72 Å². The zero-order valence-electron chi connectivity index (χ0n) is 11.3. The van der Waals surface area contributed by atoms with Gasteiger partial charge in [-0.1, -0.05) is 26.0 Å². The van der Waals surface area contributed by atoms with Crippen LogP contribution in [0.3, 0.4) is 0 Å². The van der Waals surface area contributed by atoms with Crippen LogP contribution in [0.4, 0.5) is 5.69 Å². The number of anilines is 1. The highest BCUT2D eigenvalue weighted by atomic mass is 32.2. The Labute approximate surface area is 109 Å². The van der Waals surface area contributed by atoms with Crippen molar-refractivity contribution < 1.29 is 8.42 Å². The quantitative estimate of drug-likeness (QED) is 0.822. The molecular formula is C12H21N3O2S. The average molecular weight is 271 g/mol. The molecule has 1 aromatic carbocycles. The Morgan fingerprint density at radius 2 is 1.94 bits per heavy atom. The minimum Gasteiger partial charge on any atom is -0.310 e. The Bertz CT molecular complexity index is 484. The van der Waals surface area contributed by atoms with Crippen molar-refractivity contribution >= 4 is 15.9 Å². The number of hydrogen-bond donors (Lipinski definition) is 2. The maximum atomic E-state index is 11.7. The van der Waals surface area contributed by atoms with Crippen LogP contribution < -0.4 is 10.0 Å². The van der Waals surface area contributed by atoms with Crippen molar-refractivity contribution in [3.8, 4) is 0 Å². The summed E-state index contributed by atoms with van der Waals surface area (Å²) in [5.41, 5.74) is 1.62. The van der Waals surface area contributed by atoms with Crippen LogP contribution >= 0.6 is 0 Å². The third-order valence-corrected chi connectivity index (χ3v) is 3.82. The topological polar surface area (TPSA) is 61.4 Å². The van der Waals surface area contributed by atoms with E-state index >= 15 is 0 Å². The first kappa shape index (κ1) is 14.9. The van der Waals surface area contributed by atoms with E-state index in [-0.39, 0.29) is 0 Å². The summed E-state index contributed by atoms with van der Waals surface area (Å²) >= 11 is 0. The molecule has 0 aliphatic rings. The first-order valence-corrected chi connectivity index (χ1v) is 7.28. The fourth-order valence-electron chi connectivity index (χ4n) is 1.31. The number of rotatable bonds is 6. The lowest BCUT2D eigenvalue weighted by atomic mass is 10.2. The third kappa shape index (κ3) is 4.64. The van der Waals surface area contributed by atoms with E-state index < -0.39 is 10.2 Å². The number of nitrogens with one attached hydrogen (secondary N) is 2. The van der Waals surface area contributed by atoms with Crippen molar-refractivity contribution in [1.82, 2.24) is 9.62 Å². The largest absolute Gasteiger partial charge is 0.310 e. The Morgan fingerprint density at radius 3 is 2.50 bits per heavy atom. The minimum absolute atomic E-state index is 0.395. The monoisotopic (exact) mass is 271 g/mol. The van der Waals surface area contributed by atoms with Gasteiger partial charge in [-0.2, -0.15) is 12.7 Å². The predicted octanol–water partition coefficient (Wildman–Crippen LogP) is 1.40. The highest BCUT2D eigenvalue weighted by Gasteiger charge is 2.12. The van der Waals surface area contributed by atoms with Gasteiger partial charge in [-0.25, -0.2) is 0 Å². The lowest BCUT2D eigenvalue weighted by molar-refractivity contribution is 0.527. The van der Waals surface area contributed by atoms with E-state index in [0.717, 1.165) is 16.4 Å². The molecule has 0 aliphatic heterocycles. The zero-order valence-corrected chi connectivity index (χ0v) is 12.1. The molecule has 0 saturated carbocycles. The molecule has 0 spiro atoms. The Kier molecular flexibility index (Phi) is 5.13. The summed E-state index contributed by atoms with van der Waals surface area (Å²) in [5, 5.41) is 3.29. The summed E-state index contributed by atoms with van der Waals surface area (Å²) in [6.45, 7) is 4.85. The van der Waals surface area contributed by atoms with E-state index in [1.165, 1.54) is 14.1 Å². The van der Waals surface area contributed by atoms with Gasteiger partial charge in [0.25, 0.3) is 0 Å². The molecule has 0 saturated heterocycles. The van der Waals surface area contributed by atoms with Crippen molar-refractivity contribution in [2.45, 2.75) is 26.4 Å². The lowest BCUT2D eigenvalue weighted by Gasteiger charge is -2.14. The summed E-state index contributed by atoms with van der Waals surface area (Å²) < 4.78 is 27.0. The molecule has 0 heterocycles. The molecule has 2 N–H and O–H groups in total. The first-order chi connectivity index (χ1) is 8.31. The molecule has 0 fully saturated rings. The maximum absolute atomic E-state index is 11.7. The van der Waals surface area contributed by atoms with E-state index in [1.807, 2.05) is 18.2 Å². The van der Waals surface area contributed by atoms with Crippen LogP contribution in [0.1, 0.15) is 19.4 Å². The van der Waals surface area contributed by atoms with Gasteiger partial charge < -0.3 is 5.32 Å². The highest BCUT2D eigenvalue weighted by molar-refractivity contribution is 7.90. The molecule has 0 unspecified atom stereocenters. The standard InChI is InChI=1S/C12H21N3O2S/c1-10(2)13-9-11-6-5-7-12(8-11)14-18(16,17)15(3)4/h5-8,10,13-14H,9H2,1-4H3. The second-order valence-electron chi connectivity index (χ2n) is 4.63. The summed E-state index contributed by atoms with van der Waals surface area (Å²) in [6.07, 6.45) is 0. The van der Waals surface area contributed by atoms with E-state index in [1.54, 1.807) is 6.07 Å². The predicted molar refractivity (Wildman–Crippen MR) is 74.6 cm³/mol. The molecule has 0 amide bonds. The normalized spacial score (nSPS) is 12.1. The fourth-order valence-corrected chi connectivity index (χ4v) is 1.91. The van der Waals surface area contributed by atoms with Crippen molar-refractivity contribution in [3.05, 3.63) is 29.8 Å². The van der Waals surface area contributed by atoms with Gasteiger partial charge >= 0.3 is 10.2 Å². The number of hydrogen-bond acceptors (Lipinski definition) is 3. The molecule has 0 radical (unpaired) electrons. The van der Waals surface area contributed by atoms with E-state index in [0.29, 0.717) is 11.7 Å². The molecule has 6 heteroatoms. The molecular weight excluding hydrogens is 250 g/mol. The summed E-state index contributed by atoms with van der Waals surface area (Å²) in [6, 6.07) is 7.76. The van der Waals surface area contributed by atoms with Crippen molar-refractivity contribution in [1.29, 1.82) is 0 Å². The second-order valence-corrected chi connectivity index (χ2v) is 6.51. The molecule has 102 valence electrons. The number of benzene rings is 1.